The van der Waals surface area contributed by atoms with Crippen LogP contribution in [0.1, 0.15) is 56.7 Å². The van der Waals surface area contributed by atoms with Gasteiger partial charge in [-0.1, -0.05) is 26.2 Å². The molecule has 1 amide bonds. The van der Waals surface area contributed by atoms with E-state index >= 15 is 0 Å². The number of carbonyl (C=O) groups is 1. The van der Waals surface area contributed by atoms with Gasteiger partial charge in [0.05, 0.1) is 12.2 Å². The number of aromatic nitrogens is 2. The summed E-state index contributed by atoms with van der Waals surface area (Å²) in [6.07, 6.45) is 9.85. The number of hydrogen-bond donors (Lipinski definition) is 0. The molecule has 2 fully saturated rings. The van der Waals surface area contributed by atoms with Gasteiger partial charge in [0.1, 0.15) is 12.1 Å². The summed E-state index contributed by atoms with van der Waals surface area (Å²) in [6.45, 7) is 9.29. The third-order valence-electron chi connectivity index (χ3n) is 6.50. The molecule has 0 radical (unpaired) electrons. The maximum absolute atomic E-state index is 12.6. The lowest BCUT2D eigenvalue weighted by molar-refractivity contribution is -0.139. The average Bonchev–Trinajstić information content (AvgIpc) is 2.66. The minimum atomic E-state index is 0.272. The Morgan fingerprint density at radius 1 is 1.11 bits per heavy atom. The molecule has 0 spiro atoms. The summed E-state index contributed by atoms with van der Waals surface area (Å²) >= 11 is 0. The Morgan fingerprint density at radius 3 is 2.63 bits per heavy atom. The van der Waals surface area contributed by atoms with Crippen LogP contribution in [0.5, 0.6) is 0 Å². The fourth-order valence-electron chi connectivity index (χ4n) is 4.48. The molecule has 1 aliphatic carbocycles. The molecular weight excluding hydrogens is 338 g/mol. The van der Waals surface area contributed by atoms with E-state index in [4.69, 9.17) is 0 Å². The van der Waals surface area contributed by atoms with Crippen molar-refractivity contribution in [3.8, 4) is 0 Å². The van der Waals surface area contributed by atoms with Gasteiger partial charge < -0.3 is 9.80 Å². The summed E-state index contributed by atoms with van der Waals surface area (Å²) in [5.74, 6) is 1.73. The number of unbranched alkanes of at least 4 members (excludes halogenated alkanes) is 2. The molecule has 4 rings (SSSR count). The molecular formula is C21H33N5O. The van der Waals surface area contributed by atoms with Crippen molar-refractivity contribution in [1.82, 2.24) is 19.8 Å². The van der Waals surface area contributed by atoms with Crippen molar-refractivity contribution in [2.24, 2.45) is 5.92 Å². The van der Waals surface area contributed by atoms with Crippen LogP contribution >= 0.6 is 0 Å². The number of amides is 1. The highest BCUT2D eigenvalue weighted by Gasteiger charge is 2.33. The van der Waals surface area contributed by atoms with Crippen molar-refractivity contribution in [2.45, 2.75) is 58.4 Å². The first-order valence-electron chi connectivity index (χ1n) is 10.8. The number of rotatable bonds is 6. The van der Waals surface area contributed by atoms with E-state index in [-0.39, 0.29) is 5.92 Å². The van der Waals surface area contributed by atoms with Crippen LogP contribution in [-0.4, -0.2) is 64.9 Å². The summed E-state index contributed by atoms with van der Waals surface area (Å²) in [4.78, 5) is 28.8. The summed E-state index contributed by atoms with van der Waals surface area (Å²) in [5.41, 5.74) is 2.33. The van der Waals surface area contributed by atoms with Gasteiger partial charge in [0.25, 0.3) is 0 Å². The third kappa shape index (κ3) is 4.10. The highest BCUT2D eigenvalue weighted by molar-refractivity contribution is 5.80. The number of nitrogens with zero attached hydrogens (tertiary/aromatic N) is 5. The molecule has 3 aliphatic rings. The largest absolute Gasteiger partial charge is 0.354 e. The first-order valence-corrected chi connectivity index (χ1v) is 10.8. The predicted molar refractivity (Wildman–Crippen MR) is 107 cm³/mol. The van der Waals surface area contributed by atoms with Gasteiger partial charge in [0.15, 0.2) is 0 Å². The maximum Gasteiger partial charge on any atom is 0.226 e. The highest BCUT2D eigenvalue weighted by atomic mass is 16.2. The minimum absolute atomic E-state index is 0.272. The molecule has 148 valence electrons. The van der Waals surface area contributed by atoms with Gasteiger partial charge in [-0.05, 0) is 32.2 Å². The topological polar surface area (TPSA) is 52.6 Å². The molecule has 0 unspecified atom stereocenters. The molecule has 1 saturated carbocycles. The second kappa shape index (κ2) is 8.55. The molecule has 1 aromatic rings. The monoisotopic (exact) mass is 371 g/mol. The number of hydrogen-bond acceptors (Lipinski definition) is 5. The molecule has 3 heterocycles. The molecule has 27 heavy (non-hydrogen) atoms. The van der Waals surface area contributed by atoms with Gasteiger partial charge >= 0.3 is 0 Å². The molecule has 1 aromatic heterocycles. The van der Waals surface area contributed by atoms with Crippen LogP contribution in [0, 0.1) is 5.92 Å². The van der Waals surface area contributed by atoms with Gasteiger partial charge in [-0.25, -0.2) is 9.97 Å². The standard InChI is InChI=1S/C21H33N5O/c1-2-3-4-9-24-11-13-25(14-12-24)20-18-8-10-26(15-19(18)22-16-23-20)21(27)17-6-5-7-17/h16-17H,2-15H2,1H3. The normalized spacial score (nSPS) is 21.1. The number of carbonyl (C=O) groups excluding carboxylic acids is 1. The quantitative estimate of drug-likeness (QED) is 0.719. The van der Waals surface area contributed by atoms with Crippen LogP contribution in [0.3, 0.4) is 0 Å². The SMILES string of the molecule is CCCCCN1CCN(c2ncnc3c2CCN(C(=O)C2CCC2)C3)CC1. The van der Waals surface area contributed by atoms with Crippen molar-refractivity contribution in [1.29, 1.82) is 0 Å². The van der Waals surface area contributed by atoms with E-state index < -0.39 is 0 Å². The van der Waals surface area contributed by atoms with E-state index in [2.05, 4.69) is 26.7 Å². The second-order valence-electron chi connectivity index (χ2n) is 8.30. The lowest BCUT2D eigenvalue weighted by atomic mass is 9.84. The molecule has 1 saturated heterocycles. The van der Waals surface area contributed by atoms with Crippen molar-refractivity contribution >= 4 is 11.7 Å². The highest BCUT2D eigenvalue weighted by Crippen LogP contribution is 2.31. The lowest BCUT2D eigenvalue weighted by Gasteiger charge is -2.38. The van der Waals surface area contributed by atoms with Crippen LogP contribution in [0.15, 0.2) is 6.33 Å². The molecule has 2 aliphatic heterocycles. The fraction of sp³-hybridized carbons (Fsp3) is 0.762. The van der Waals surface area contributed by atoms with Gasteiger partial charge in [0.2, 0.25) is 5.91 Å². The van der Waals surface area contributed by atoms with Gasteiger partial charge in [-0.15, -0.1) is 0 Å². The zero-order valence-electron chi connectivity index (χ0n) is 16.7. The Bertz CT molecular complexity index is 652. The first kappa shape index (κ1) is 18.7. The molecule has 0 aromatic carbocycles. The maximum atomic E-state index is 12.6. The van der Waals surface area contributed by atoms with Crippen LogP contribution in [0.4, 0.5) is 5.82 Å². The first-order chi connectivity index (χ1) is 13.3. The Balaban J connectivity index is 1.37. The smallest absolute Gasteiger partial charge is 0.226 e. The van der Waals surface area contributed by atoms with Crippen molar-refractivity contribution in [3.63, 3.8) is 0 Å². The van der Waals surface area contributed by atoms with Gasteiger partial charge in [-0.3, -0.25) is 9.69 Å². The zero-order valence-corrected chi connectivity index (χ0v) is 16.7. The molecule has 0 N–H and O–H groups in total. The molecule has 0 bridgehead atoms. The summed E-state index contributed by atoms with van der Waals surface area (Å²) in [6, 6.07) is 0. The Morgan fingerprint density at radius 2 is 1.93 bits per heavy atom. The Hall–Kier alpha value is -1.69. The third-order valence-corrected chi connectivity index (χ3v) is 6.50. The van der Waals surface area contributed by atoms with E-state index in [1.54, 1.807) is 6.33 Å². The molecule has 6 heteroatoms. The van der Waals surface area contributed by atoms with E-state index in [1.165, 1.54) is 37.8 Å². The van der Waals surface area contributed by atoms with Crippen molar-refractivity contribution in [3.05, 3.63) is 17.6 Å². The predicted octanol–water partition coefficient (Wildman–Crippen LogP) is 2.47. The second-order valence-corrected chi connectivity index (χ2v) is 8.30. The lowest BCUT2D eigenvalue weighted by Crippen LogP contribution is -2.48. The Kier molecular flexibility index (Phi) is 5.91. The minimum Gasteiger partial charge on any atom is -0.354 e. The zero-order chi connectivity index (χ0) is 18.6. The van der Waals surface area contributed by atoms with Crippen molar-refractivity contribution < 1.29 is 4.79 Å². The molecule has 6 nitrogen and oxygen atoms in total. The van der Waals surface area contributed by atoms with E-state index in [0.717, 1.165) is 63.5 Å². The number of anilines is 1. The number of fused-ring (bicyclic) bond motifs is 1. The summed E-state index contributed by atoms with van der Waals surface area (Å²) in [5, 5.41) is 0. The molecule has 0 atom stereocenters. The summed E-state index contributed by atoms with van der Waals surface area (Å²) < 4.78 is 0. The Labute approximate surface area is 162 Å². The van der Waals surface area contributed by atoms with Gasteiger partial charge in [0, 0.05) is 44.2 Å². The number of piperazine rings is 1. The van der Waals surface area contributed by atoms with Crippen LogP contribution < -0.4 is 4.90 Å². The fourth-order valence-corrected chi connectivity index (χ4v) is 4.48. The van der Waals surface area contributed by atoms with E-state index in [9.17, 15) is 4.79 Å². The summed E-state index contributed by atoms with van der Waals surface area (Å²) in [7, 11) is 0. The van der Waals surface area contributed by atoms with Gasteiger partial charge in [-0.2, -0.15) is 0 Å². The van der Waals surface area contributed by atoms with E-state index in [0.29, 0.717) is 12.5 Å². The van der Waals surface area contributed by atoms with Crippen molar-refractivity contribution in [2.75, 3.05) is 44.2 Å². The van der Waals surface area contributed by atoms with Crippen LogP contribution in [0.25, 0.3) is 0 Å². The van der Waals surface area contributed by atoms with E-state index in [1.807, 2.05) is 4.90 Å². The van der Waals surface area contributed by atoms with Crippen LogP contribution in [-0.2, 0) is 17.8 Å². The average molecular weight is 372 g/mol. The van der Waals surface area contributed by atoms with Crippen LogP contribution in [0.2, 0.25) is 0 Å².